The highest BCUT2D eigenvalue weighted by Gasteiger charge is 2.26. The van der Waals surface area contributed by atoms with Crippen LogP contribution in [0.2, 0.25) is 0 Å². The summed E-state index contributed by atoms with van der Waals surface area (Å²) in [6.45, 7) is 1.86. The maximum atomic E-state index is 12.2. The van der Waals surface area contributed by atoms with Gasteiger partial charge in [0, 0.05) is 6.54 Å². The summed E-state index contributed by atoms with van der Waals surface area (Å²) in [5, 5.41) is 14.0. The third-order valence-electron chi connectivity index (χ3n) is 4.15. The van der Waals surface area contributed by atoms with E-state index in [1.54, 1.807) is 24.3 Å². The van der Waals surface area contributed by atoms with Crippen molar-refractivity contribution in [3.63, 3.8) is 0 Å². The summed E-state index contributed by atoms with van der Waals surface area (Å²) in [5.41, 5.74) is 1.96. The lowest BCUT2D eigenvalue weighted by atomic mass is 10.2. The summed E-state index contributed by atoms with van der Waals surface area (Å²) >= 11 is 5.03. The Kier molecular flexibility index (Phi) is 6.07. The van der Waals surface area contributed by atoms with Crippen LogP contribution >= 0.6 is 12.2 Å². The first-order valence-electron chi connectivity index (χ1n) is 8.82. The van der Waals surface area contributed by atoms with E-state index in [1.165, 1.54) is 9.47 Å². The Hall–Kier alpha value is -3.47. The molecule has 0 spiro atoms. The molecule has 29 heavy (non-hydrogen) atoms. The van der Waals surface area contributed by atoms with Gasteiger partial charge >= 0.3 is 0 Å². The molecule has 2 amide bonds. The summed E-state index contributed by atoms with van der Waals surface area (Å²) in [5.74, 6) is -0.776. The highest BCUT2D eigenvalue weighted by atomic mass is 32.1. The van der Waals surface area contributed by atoms with E-state index in [1.807, 2.05) is 6.92 Å². The number of benzene rings is 1. The van der Waals surface area contributed by atoms with Crippen LogP contribution in [-0.2, 0) is 16.1 Å². The van der Waals surface area contributed by atoms with Gasteiger partial charge in [-0.25, -0.2) is 5.43 Å². The Balaban J connectivity index is 1.73. The lowest BCUT2D eigenvalue weighted by molar-refractivity contribution is -0.125. The highest BCUT2D eigenvalue weighted by Crippen LogP contribution is 2.31. The molecule has 2 aromatic rings. The van der Waals surface area contributed by atoms with E-state index in [2.05, 4.69) is 15.5 Å². The normalized spacial score (nSPS) is 13.3. The fraction of sp³-hybridized carbons (Fsp3) is 0.278. The number of aromatic nitrogens is 2. The fourth-order valence-electron chi connectivity index (χ4n) is 2.80. The second-order valence-electron chi connectivity index (χ2n) is 6.18. The SMILES string of the molecule is CCCn1c(O)c(/C=N\NC(=O)CN2C(=O)COc3ccccc32)c(=O)[nH]c1=S. The van der Waals surface area contributed by atoms with Crippen LogP contribution in [0.1, 0.15) is 18.9 Å². The minimum Gasteiger partial charge on any atom is -0.494 e. The zero-order valence-electron chi connectivity index (χ0n) is 15.5. The Morgan fingerprint density at radius 3 is 2.93 bits per heavy atom. The molecule has 0 saturated heterocycles. The van der Waals surface area contributed by atoms with Gasteiger partial charge in [0.1, 0.15) is 17.9 Å². The molecule has 0 aliphatic carbocycles. The molecule has 1 aromatic carbocycles. The quantitative estimate of drug-likeness (QED) is 0.364. The third kappa shape index (κ3) is 4.35. The molecule has 0 atom stereocenters. The van der Waals surface area contributed by atoms with Crippen molar-refractivity contribution in [3.8, 4) is 11.6 Å². The van der Waals surface area contributed by atoms with Gasteiger partial charge in [-0.2, -0.15) is 5.10 Å². The molecular weight excluding hydrogens is 398 g/mol. The van der Waals surface area contributed by atoms with E-state index >= 15 is 0 Å². The number of ether oxygens (including phenoxy) is 1. The van der Waals surface area contributed by atoms with Crippen LogP contribution < -0.4 is 20.6 Å². The number of fused-ring (bicyclic) bond motifs is 1. The van der Waals surface area contributed by atoms with E-state index < -0.39 is 11.5 Å². The van der Waals surface area contributed by atoms with E-state index in [0.717, 1.165) is 6.21 Å². The first-order valence-corrected chi connectivity index (χ1v) is 9.23. The summed E-state index contributed by atoms with van der Waals surface area (Å²) in [6, 6.07) is 6.87. The van der Waals surface area contributed by atoms with Crippen LogP contribution in [0.25, 0.3) is 0 Å². The monoisotopic (exact) mass is 417 g/mol. The lowest BCUT2D eigenvalue weighted by Crippen LogP contribution is -2.44. The van der Waals surface area contributed by atoms with Crippen molar-refractivity contribution in [3.05, 3.63) is 45.0 Å². The Bertz CT molecular complexity index is 1090. The number of hydrogen-bond acceptors (Lipinski definition) is 7. The van der Waals surface area contributed by atoms with Crippen molar-refractivity contribution < 1.29 is 19.4 Å². The first-order chi connectivity index (χ1) is 13.9. The first kappa shape index (κ1) is 20.3. The molecule has 0 unspecified atom stereocenters. The van der Waals surface area contributed by atoms with Gasteiger partial charge in [0.2, 0.25) is 5.88 Å². The van der Waals surface area contributed by atoms with Crippen molar-refractivity contribution in [2.75, 3.05) is 18.1 Å². The minimum atomic E-state index is -0.630. The number of aromatic hydroxyl groups is 1. The number of para-hydroxylation sites is 2. The Morgan fingerprint density at radius 1 is 1.41 bits per heavy atom. The van der Waals surface area contributed by atoms with Crippen molar-refractivity contribution in [2.45, 2.75) is 19.9 Å². The number of carbonyl (C=O) groups excluding carboxylic acids is 2. The van der Waals surface area contributed by atoms with Crippen LogP contribution in [-0.4, -0.2) is 45.8 Å². The van der Waals surface area contributed by atoms with Gasteiger partial charge in [0.15, 0.2) is 11.4 Å². The summed E-state index contributed by atoms with van der Waals surface area (Å²) in [4.78, 5) is 40.1. The number of anilines is 1. The smallest absolute Gasteiger partial charge is 0.265 e. The lowest BCUT2D eigenvalue weighted by Gasteiger charge is -2.28. The van der Waals surface area contributed by atoms with Crippen molar-refractivity contribution >= 4 is 35.9 Å². The van der Waals surface area contributed by atoms with E-state index in [0.29, 0.717) is 24.4 Å². The Morgan fingerprint density at radius 2 is 2.17 bits per heavy atom. The maximum Gasteiger partial charge on any atom is 0.265 e. The van der Waals surface area contributed by atoms with E-state index in [-0.39, 0.29) is 35.3 Å². The van der Waals surface area contributed by atoms with Gasteiger partial charge in [-0.15, -0.1) is 0 Å². The maximum absolute atomic E-state index is 12.2. The molecule has 10 nitrogen and oxygen atoms in total. The number of carbonyl (C=O) groups is 2. The molecule has 1 aliphatic heterocycles. The highest BCUT2D eigenvalue weighted by molar-refractivity contribution is 7.71. The molecule has 0 fully saturated rings. The molecule has 3 rings (SSSR count). The molecule has 3 N–H and O–H groups in total. The van der Waals surface area contributed by atoms with E-state index in [9.17, 15) is 19.5 Å². The summed E-state index contributed by atoms with van der Waals surface area (Å²) in [6.07, 6.45) is 1.72. The Labute approximate surface area is 170 Å². The number of H-pyrrole nitrogens is 1. The number of nitrogens with one attached hydrogen (secondary N) is 2. The van der Waals surface area contributed by atoms with Crippen LogP contribution in [0.3, 0.4) is 0 Å². The van der Waals surface area contributed by atoms with Gasteiger partial charge in [0.25, 0.3) is 17.4 Å². The molecular formula is C18H19N5O5S. The molecule has 11 heteroatoms. The van der Waals surface area contributed by atoms with Gasteiger partial charge in [-0.05, 0) is 30.8 Å². The minimum absolute atomic E-state index is 0.0973. The second kappa shape index (κ2) is 8.69. The molecule has 152 valence electrons. The number of hydrogen-bond donors (Lipinski definition) is 3. The molecule has 0 saturated carbocycles. The predicted octanol–water partition coefficient (Wildman–Crippen LogP) is 0.897. The molecule has 2 heterocycles. The van der Waals surface area contributed by atoms with Gasteiger partial charge < -0.3 is 9.84 Å². The van der Waals surface area contributed by atoms with Crippen molar-refractivity contribution in [1.82, 2.24) is 15.0 Å². The standard InChI is InChI=1S/C18H19N5O5S/c1-2-7-22-17(27)11(16(26)20-18(22)29)8-19-21-14(24)9-23-12-5-3-4-6-13(12)28-10-15(23)25/h3-6,8,27H,2,7,9-10H2,1H3,(H,21,24)(H,20,26,29)/b19-8-. The van der Waals surface area contributed by atoms with Crippen LogP contribution in [0.4, 0.5) is 5.69 Å². The zero-order valence-corrected chi connectivity index (χ0v) is 16.4. The van der Waals surface area contributed by atoms with Crippen LogP contribution in [0.15, 0.2) is 34.2 Å². The summed E-state index contributed by atoms with van der Waals surface area (Å²) in [7, 11) is 0. The largest absolute Gasteiger partial charge is 0.494 e. The number of amides is 2. The number of rotatable bonds is 6. The van der Waals surface area contributed by atoms with Gasteiger partial charge in [-0.1, -0.05) is 19.1 Å². The fourth-order valence-corrected chi connectivity index (χ4v) is 3.07. The average molecular weight is 417 g/mol. The molecule has 0 bridgehead atoms. The van der Waals surface area contributed by atoms with Crippen molar-refractivity contribution in [2.24, 2.45) is 5.10 Å². The third-order valence-corrected chi connectivity index (χ3v) is 4.47. The molecule has 1 aromatic heterocycles. The summed E-state index contributed by atoms with van der Waals surface area (Å²) < 4.78 is 6.79. The van der Waals surface area contributed by atoms with Crippen LogP contribution in [0.5, 0.6) is 11.6 Å². The van der Waals surface area contributed by atoms with Crippen LogP contribution in [0, 0.1) is 4.77 Å². The second-order valence-corrected chi connectivity index (χ2v) is 6.56. The van der Waals surface area contributed by atoms with E-state index in [4.69, 9.17) is 17.0 Å². The topological polar surface area (TPSA) is 129 Å². The number of aromatic amines is 1. The number of hydrazone groups is 1. The predicted molar refractivity (Wildman–Crippen MR) is 108 cm³/mol. The van der Waals surface area contributed by atoms with Crippen molar-refractivity contribution in [1.29, 1.82) is 0 Å². The van der Waals surface area contributed by atoms with Gasteiger partial charge in [-0.3, -0.25) is 28.8 Å². The number of nitrogens with zero attached hydrogens (tertiary/aromatic N) is 3. The zero-order chi connectivity index (χ0) is 21.0. The molecule has 1 aliphatic rings. The average Bonchev–Trinajstić information content (AvgIpc) is 2.70. The molecule has 0 radical (unpaired) electrons. The van der Waals surface area contributed by atoms with Gasteiger partial charge in [0.05, 0.1) is 11.9 Å².